The first kappa shape index (κ1) is 9.19. The first-order chi connectivity index (χ1) is 5.66. The lowest BCUT2D eigenvalue weighted by molar-refractivity contribution is 0.101. The Bertz CT molecular complexity index is 312. The summed E-state index contributed by atoms with van der Waals surface area (Å²) in [7, 11) is 1.49. The predicted molar refractivity (Wildman–Crippen MR) is 48.5 cm³/mol. The van der Waals surface area contributed by atoms with E-state index in [9.17, 15) is 4.79 Å². The van der Waals surface area contributed by atoms with Crippen LogP contribution in [-0.2, 0) is 0 Å². The van der Waals surface area contributed by atoms with Gasteiger partial charge in [0.1, 0.15) is 0 Å². The zero-order valence-electron chi connectivity index (χ0n) is 6.80. The molecule has 12 heavy (non-hydrogen) atoms. The molecule has 0 unspecified atom stereocenters. The lowest BCUT2D eigenvalue weighted by Crippen LogP contribution is -2.00. The number of ketones is 1. The molecule has 0 atom stereocenters. The van der Waals surface area contributed by atoms with Crippen LogP contribution in [0, 0.1) is 0 Å². The van der Waals surface area contributed by atoms with Crippen molar-refractivity contribution in [2.75, 3.05) is 7.11 Å². The summed E-state index contributed by atoms with van der Waals surface area (Å²) in [6.07, 6.45) is 1.58. The van der Waals surface area contributed by atoms with Gasteiger partial charge in [0.2, 0.25) is 5.88 Å². The third kappa shape index (κ3) is 1.64. The van der Waals surface area contributed by atoms with Gasteiger partial charge in [-0.1, -0.05) is 0 Å². The Hall–Kier alpha value is -0.900. The number of hydrogen-bond acceptors (Lipinski definition) is 3. The normalized spacial score (nSPS) is 9.58. The van der Waals surface area contributed by atoms with E-state index in [1.807, 2.05) is 0 Å². The second-order valence-electron chi connectivity index (χ2n) is 2.23. The Morgan fingerprint density at radius 1 is 1.67 bits per heavy atom. The van der Waals surface area contributed by atoms with Gasteiger partial charge < -0.3 is 4.74 Å². The van der Waals surface area contributed by atoms with E-state index in [0.29, 0.717) is 15.9 Å². The van der Waals surface area contributed by atoms with Crippen molar-refractivity contribution in [1.29, 1.82) is 0 Å². The van der Waals surface area contributed by atoms with Crippen LogP contribution < -0.4 is 4.74 Å². The summed E-state index contributed by atoms with van der Waals surface area (Å²) in [6.45, 7) is 1.48. The van der Waals surface area contributed by atoms with E-state index in [4.69, 9.17) is 4.74 Å². The molecule has 0 N–H and O–H groups in total. The van der Waals surface area contributed by atoms with Crippen molar-refractivity contribution < 1.29 is 9.53 Å². The maximum atomic E-state index is 11.1. The van der Waals surface area contributed by atoms with Crippen LogP contribution in [0.25, 0.3) is 0 Å². The number of pyridine rings is 1. The van der Waals surface area contributed by atoms with Crippen LogP contribution in [0.1, 0.15) is 17.3 Å². The molecule has 1 rings (SSSR count). The van der Waals surface area contributed by atoms with E-state index in [1.165, 1.54) is 14.0 Å². The summed E-state index contributed by atoms with van der Waals surface area (Å²) in [5, 5.41) is 0. The van der Waals surface area contributed by atoms with Gasteiger partial charge in [-0.25, -0.2) is 4.98 Å². The highest BCUT2D eigenvalue weighted by molar-refractivity contribution is 9.10. The molecular formula is C8H8BrNO2. The Labute approximate surface area is 78.9 Å². The molecule has 1 heterocycles. The highest BCUT2D eigenvalue weighted by atomic mass is 79.9. The van der Waals surface area contributed by atoms with Crippen LogP contribution in [0.4, 0.5) is 0 Å². The van der Waals surface area contributed by atoms with E-state index in [-0.39, 0.29) is 5.78 Å². The Morgan fingerprint density at radius 2 is 2.33 bits per heavy atom. The molecule has 1 aromatic heterocycles. The van der Waals surface area contributed by atoms with E-state index in [1.54, 1.807) is 12.3 Å². The van der Waals surface area contributed by atoms with Gasteiger partial charge in [-0.3, -0.25) is 4.79 Å². The predicted octanol–water partition coefficient (Wildman–Crippen LogP) is 2.06. The fraction of sp³-hybridized carbons (Fsp3) is 0.250. The highest BCUT2D eigenvalue weighted by Crippen LogP contribution is 2.24. The summed E-state index contributed by atoms with van der Waals surface area (Å²) in [5.74, 6) is 0.295. The first-order valence-electron chi connectivity index (χ1n) is 3.36. The molecule has 0 spiro atoms. The summed E-state index contributed by atoms with van der Waals surface area (Å²) in [4.78, 5) is 15.0. The van der Waals surface area contributed by atoms with Crippen molar-refractivity contribution in [3.63, 3.8) is 0 Å². The molecule has 0 saturated carbocycles. The number of aromatic nitrogens is 1. The number of hydrogen-bond donors (Lipinski definition) is 0. The number of nitrogens with zero attached hydrogens (tertiary/aromatic N) is 1. The van der Waals surface area contributed by atoms with Crippen molar-refractivity contribution in [1.82, 2.24) is 4.98 Å². The SMILES string of the molecule is COc1nccc(Br)c1C(C)=O. The molecule has 64 valence electrons. The minimum Gasteiger partial charge on any atom is -0.480 e. The van der Waals surface area contributed by atoms with E-state index in [0.717, 1.165) is 0 Å². The second-order valence-corrected chi connectivity index (χ2v) is 3.09. The minimum absolute atomic E-state index is 0.0631. The molecule has 3 nitrogen and oxygen atoms in total. The van der Waals surface area contributed by atoms with Crippen molar-refractivity contribution in [2.24, 2.45) is 0 Å². The fourth-order valence-electron chi connectivity index (χ4n) is 0.894. The average Bonchev–Trinajstić information content (AvgIpc) is 2.03. The quantitative estimate of drug-likeness (QED) is 0.730. The number of rotatable bonds is 2. The molecule has 0 aliphatic rings. The zero-order chi connectivity index (χ0) is 9.14. The number of carbonyl (C=O) groups excluding carboxylic acids is 1. The van der Waals surface area contributed by atoms with E-state index in [2.05, 4.69) is 20.9 Å². The van der Waals surface area contributed by atoms with Crippen LogP contribution in [-0.4, -0.2) is 17.9 Å². The number of halogens is 1. The topological polar surface area (TPSA) is 39.2 Å². The number of ether oxygens (including phenoxy) is 1. The van der Waals surface area contributed by atoms with Gasteiger partial charge in [-0.2, -0.15) is 0 Å². The second kappa shape index (κ2) is 3.67. The fourth-order valence-corrected chi connectivity index (χ4v) is 1.46. The molecule has 0 aliphatic carbocycles. The van der Waals surface area contributed by atoms with Gasteiger partial charge in [0, 0.05) is 10.7 Å². The molecule has 0 amide bonds. The summed E-state index contributed by atoms with van der Waals surface area (Å²) in [6, 6.07) is 1.71. The lowest BCUT2D eigenvalue weighted by Gasteiger charge is -2.04. The van der Waals surface area contributed by atoms with Crippen LogP contribution in [0.2, 0.25) is 0 Å². The third-order valence-electron chi connectivity index (χ3n) is 1.41. The Balaban J connectivity index is 3.29. The summed E-state index contributed by atoms with van der Waals surface area (Å²) in [5.41, 5.74) is 0.486. The Morgan fingerprint density at radius 3 is 2.75 bits per heavy atom. The molecule has 0 radical (unpaired) electrons. The monoisotopic (exact) mass is 229 g/mol. The highest BCUT2D eigenvalue weighted by Gasteiger charge is 2.12. The molecule has 0 aliphatic heterocycles. The zero-order valence-corrected chi connectivity index (χ0v) is 8.38. The van der Waals surface area contributed by atoms with Gasteiger partial charge in [-0.15, -0.1) is 0 Å². The van der Waals surface area contributed by atoms with Crippen LogP contribution >= 0.6 is 15.9 Å². The lowest BCUT2D eigenvalue weighted by atomic mass is 10.2. The molecular weight excluding hydrogens is 222 g/mol. The third-order valence-corrected chi connectivity index (χ3v) is 2.07. The standard InChI is InChI=1S/C8H8BrNO2/c1-5(11)7-6(9)3-4-10-8(7)12-2/h3-4H,1-2H3. The van der Waals surface area contributed by atoms with Crippen molar-refractivity contribution >= 4 is 21.7 Å². The average molecular weight is 230 g/mol. The van der Waals surface area contributed by atoms with Gasteiger partial charge in [0.15, 0.2) is 5.78 Å². The van der Waals surface area contributed by atoms with Gasteiger partial charge >= 0.3 is 0 Å². The molecule has 1 aromatic rings. The molecule has 0 aromatic carbocycles. The van der Waals surface area contributed by atoms with Crippen molar-refractivity contribution in [3.8, 4) is 5.88 Å². The smallest absolute Gasteiger partial charge is 0.225 e. The Kier molecular flexibility index (Phi) is 2.81. The maximum absolute atomic E-state index is 11.1. The molecule has 4 heteroatoms. The van der Waals surface area contributed by atoms with Crippen LogP contribution in [0.5, 0.6) is 5.88 Å². The maximum Gasteiger partial charge on any atom is 0.225 e. The minimum atomic E-state index is -0.0631. The molecule has 0 bridgehead atoms. The van der Waals surface area contributed by atoms with Crippen LogP contribution in [0.15, 0.2) is 16.7 Å². The van der Waals surface area contributed by atoms with E-state index < -0.39 is 0 Å². The number of methoxy groups -OCH3 is 1. The first-order valence-corrected chi connectivity index (χ1v) is 4.15. The van der Waals surface area contributed by atoms with Gasteiger partial charge in [0.25, 0.3) is 0 Å². The molecule has 0 saturated heterocycles. The summed E-state index contributed by atoms with van der Waals surface area (Å²) < 4.78 is 5.64. The number of Topliss-reactive ketones (excluding diaryl/α,β-unsaturated/α-hetero) is 1. The largest absolute Gasteiger partial charge is 0.480 e. The number of carbonyl (C=O) groups is 1. The molecule has 0 fully saturated rings. The summed E-state index contributed by atoms with van der Waals surface area (Å²) >= 11 is 3.25. The van der Waals surface area contributed by atoms with Gasteiger partial charge in [-0.05, 0) is 28.9 Å². The van der Waals surface area contributed by atoms with Crippen LogP contribution in [0.3, 0.4) is 0 Å². The van der Waals surface area contributed by atoms with Crippen molar-refractivity contribution in [3.05, 3.63) is 22.3 Å². The van der Waals surface area contributed by atoms with Gasteiger partial charge in [0.05, 0.1) is 12.7 Å². The van der Waals surface area contributed by atoms with E-state index >= 15 is 0 Å². The van der Waals surface area contributed by atoms with Crippen molar-refractivity contribution in [2.45, 2.75) is 6.92 Å².